The van der Waals surface area contributed by atoms with Crippen molar-refractivity contribution in [3.63, 3.8) is 0 Å². The molecule has 1 aromatic heterocycles. The standard InChI is InChI=1S/C5H7F2N3O/c1-9-4(3(6)7)8-10(2)5(9)11/h3H,1-2H3. The SMILES string of the molecule is Cn1nc(C(F)F)n(C)c1=O. The Labute approximate surface area is 61.1 Å². The molecule has 0 aromatic carbocycles. The Morgan fingerprint density at radius 1 is 1.45 bits per heavy atom. The molecular weight excluding hydrogens is 156 g/mol. The molecule has 0 bridgehead atoms. The van der Waals surface area contributed by atoms with E-state index in [1.165, 1.54) is 14.1 Å². The molecule has 1 rings (SSSR count). The van der Waals surface area contributed by atoms with Crippen LogP contribution in [0.25, 0.3) is 0 Å². The third kappa shape index (κ3) is 1.15. The van der Waals surface area contributed by atoms with Crippen molar-refractivity contribution in [2.75, 3.05) is 0 Å². The van der Waals surface area contributed by atoms with E-state index in [-0.39, 0.29) is 0 Å². The monoisotopic (exact) mass is 163 g/mol. The van der Waals surface area contributed by atoms with E-state index in [0.717, 1.165) is 9.25 Å². The topological polar surface area (TPSA) is 39.8 Å². The number of hydrogen-bond acceptors (Lipinski definition) is 2. The van der Waals surface area contributed by atoms with Gasteiger partial charge in [0.2, 0.25) is 5.82 Å². The smallest absolute Gasteiger partial charge is 0.277 e. The Morgan fingerprint density at radius 2 is 2.00 bits per heavy atom. The van der Waals surface area contributed by atoms with E-state index < -0.39 is 17.9 Å². The summed E-state index contributed by atoms with van der Waals surface area (Å²) in [7, 11) is 2.59. The van der Waals surface area contributed by atoms with Crippen LogP contribution in [0.15, 0.2) is 4.79 Å². The van der Waals surface area contributed by atoms with Crippen LogP contribution in [0.3, 0.4) is 0 Å². The molecule has 0 radical (unpaired) electrons. The summed E-state index contributed by atoms with van der Waals surface area (Å²) in [6, 6.07) is 0. The fraction of sp³-hybridized carbons (Fsp3) is 0.600. The van der Waals surface area contributed by atoms with Crippen LogP contribution < -0.4 is 5.69 Å². The molecule has 0 aliphatic rings. The van der Waals surface area contributed by atoms with Gasteiger partial charge >= 0.3 is 5.69 Å². The average molecular weight is 163 g/mol. The van der Waals surface area contributed by atoms with Gasteiger partial charge in [0.15, 0.2) is 0 Å². The first-order valence-corrected chi connectivity index (χ1v) is 2.92. The second kappa shape index (κ2) is 2.44. The highest BCUT2D eigenvalue weighted by Crippen LogP contribution is 2.12. The lowest BCUT2D eigenvalue weighted by Crippen LogP contribution is -2.20. The predicted octanol–water partition coefficient (Wildman–Crippen LogP) is 0.0564. The van der Waals surface area contributed by atoms with Crippen LogP contribution in [-0.2, 0) is 14.1 Å². The van der Waals surface area contributed by atoms with Gasteiger partial charge in [-0.2, -0.15) is 0 Å². The minimum absolute atomic E-state index is 0.502. The summed E-state index contributed by atoms with van der Waals surface area (Å²) in [6.07, 6.45) is -2.70. The molecule has 0 saturated heterocycles. The summed E-state index contributed by atoms with van der Waals surface area (Å²) in [5.74, 6) is -0.502. The quantitative estimate of drug-likeness (QED) is 0.587. The average Bonchev–Trinajstić information content (AvgIpc) is 2.17. The molecule has 0 spiro atoms. The van der Waals surface area contributed by atoms with Crippen molar-refractivity contribution in [3.8, 4) is 0 Å². The zero-order valence-corrected chi connectivity index (χ0v) is 6.08. The van der Waals surface area contributed by atoms with Crippen LogP contribution in [-0.4, -0.2) is 14.3 Å². The fourth-order valence-electron chi connectivity index (χ4n) is 0.769. The highest BCUT2D eigenvalue weighted by Gasteiger charge is 2.16. The van der Waals surface area contributed by atoms with Gasteiger partial charge in [-0.3, -0.25) is 4.57 Å². The zero-order valence-electron chi connectivity index (χ0n) is 6.08. The second-order valence-corrected chi connectivity index (χ2v) is 2.12. The largest absolute Gasteiger partial charge is 0.345 e. The zero-order chi connectivity index (χ0) is 8.59. The molecule has 0 aliphatic heterocycles. The molecule has 0 atom stereocenters. The van der Waals surface area contributed by atoms with Crippen LogP contribution in [0.4, 0.5) is 8.78 Å². The minimum atomic E-state index is -2.70. The number of aryl methyl sites for hydroxylation is 1. The van der Waals surface area contributed by atoms with E-state index >= 15 is 0 Å². The van der Waals surface area contributed by atoms with E-state index in [4.69, 9.17) is 0 Å². The van der Waals surface area contributed by atoms with Crippen molar-refractivity contribution >= 4 is 0 Å². The van der Waals surface area contributed by atoms with Gasteiger partial charge in [-0.05, 0) is 0 Å². The van der Waals surface area contributed by atoms with Gasteiger partial charge in [-0.15, -0.1) is 5.10 Å². The molecule has 0 fully saturated rings. The molecule has 0 N–H and O–H groups in total. The highest BCUT2D eigenvalue weighted by atomic mass is 19.3. The summed E-state index contributed by atoms with van der Waals surface area (Å²) in [6.45, 7) is 0. The number of halogens is 2. The normalized spacial score (nSPS) is 11.0. The van der Waals surface area contributed by atoms with Gasteiger partial charge in [-0.1, -0.05) is 0 Å². The number of nitrogens with zero attached hydrogens (tertiary/aromatic N) is 3. The lowest BCUT2D eigenvalue weighted by molar-refractivity contribution is 0.135. The van der Waals surface area contributed by atoms with Crippen LogP contribution in [0.5, 0.6) is 0 Å². The molecule has 1 heterocycles. The van der Waals surface area contributed by atoms with Gasteiger partial charge in [0.25, 0.3) is 6.43 Å². The highest BCUT2D eigenvalue weighted by molar-refractivity contribution is 4.86. The third-order valence-electron chi connectivity index (χ3n) is 1.36. The van der Waals surface area contributed by atoms with E-state index in [2.05, 4.69) is 5.10 Å². The molecule has 11 heavy (non-hydrogen) atoms. The molecule has 1 aromatic rings. The van der Waals surface area contributed by atoms with E-state index in [1.54, 1.807) is 0 Å². The first kappa shape index (κ1) is 7.90. The van der Waals surface area contributed by atoms with Gasteiger partial charge in [-0.25, -0.2) is 18.3 Å². The molecular formula is C5H7F2N3O. The Bertz CT molecular complexity index is 314. The maximum absolute atomic E-state index is 12.0. The first-order chi connectivity index (χ1) is 5.04. The molecule has 0 unspecified atom stereocenters. The second-order valence-electron chi connectivity index (χ2n) is 2.12. The molecule has 4 nitrogen and oxygen atoms in total. The molecule has 6 heteroatoms. The Morgan fingerprint density at radius 3 is 2.18 bits per heavy atom. The number of rotatable bonds is 1. The summed E-state index contributed by atoms with van der Waals surface area (Å²) in [5.41, 5.74) is -0.541. The van der Waals surface area contributed by atoms with Crippen molar-refractivity contribution in [3.05, 3.63) is 16.3 Å². The Hall–Kier alpha value is -1.20. The van der Waals surface area contributed by atoms with Crippen LogP contribution in [0.1, 0.15) is 12.2 Å². The van der Waals surface area contributed by atoms with Gasteiger partial charge < -0.3 is 0 Å². The van der Waals surface area contributed by atoms with Crippen LogP contribution in [0.2, 0.25) is 0 Å². The molecule has 62 valence electrons. The lowest BCUT2D eigenvalue weighted by atomic mass is 10.6. The third-order valence-corrected chi connectivity index (χ3v) is 1.36. The van der Waals surface area contributed by atoms with E-state index in [9.17, 15) is 13.6 Å². The van der Waals surface area contributed by atoms with E-state index in [0.29, 0.717) is 0 Å². The summed E-state index contributed by atoms with van der Waals surface area (Å²) < 4.78 is 25.7. The maximum atomic E-state index is 12.0. The number of alkyl halides is 2. The van der Waals surface area contributed by atoms with Crippen LogP contribution in [0, 0.1) is 0 Å². The van der Waals surface area contributed by atoms with E-state index in [1.807, 2.05) is 0 Å². The van der Waals surface area contributed by atoms with Crippen molar-refractivity contribution in [1.82, 2.24) is 14.3 Å². The molecule has 0 amide bonds. The van der Waals surface area contributed by atoms with Gasteiger partial charge in [0, 0.05) is 14.1 Å². The maximum Gasteiger partial charge on any atom is 0.345 e. The fourth-order valence-corrected chi connectivity index (χ4v) is 0.769. The van der Waals surface area contributed by atoms with Crippen molar-refractivity contribution < 1.29 is 8.78 Å². The van der Waals surface area contributed by atoms with Crippen molar-refractivity contribution in [2.24, 2.45) is 14.1 Å². The molecule has 0 aliphatic carbocycles. The van der Waals surface area contributed by atoms with Gasteiger partial charge in [0.05, 0.1) is 0 Å². The van der Waals surface area contributed by atoms with Crippen molar-refractivity contribution in [2.45, 2.75) is 6.43 Å². The first-order valence-electron chi connectivity index (χ1n) is 2.92. The summed E-state index contributed by atoms with van der Waals surface area (Å²) in [5, 5.41) is 3.33. The summed E-state index contributed by atoms with van der Waals surface area (Å²) >= 11 is 0. The Kier molecular flexibility index (Phi) is 1.76. The van der Waals surface area contributed by atoms with Crippen LogP contribution >= 0.6 is 0 Å². The van der Waals surface area contributed by atoms with Crippen molar-refractivity contribution in [1.29, 1.82) is 0 Å². The Balaban J connectivity index is 3.30. The lowest BCUT2D eigenvalue weighted by Gasteiger charge is -1.93. The minimum Gasteiger partial charge on any atom is -0.277 e. The number of hydrogen-bond donors (Lipinski definition) is 0. The molecule has 0 saturated carbocycles. The predicted molar refractivity (Wildman–Crippen MR) is 33.4 cm³/mol. The number of aromatic nitrogens is 3. The summed E-state index contributed by atoms with van der Waals surface area (Å²) in [4.78, 5) is 10.8. The van der Waals surface area contributed by atoms with Gasteiger partial charge in [0.1, 0.15) is 0 Å².